The number of hydrogen-bond acceptors (Lipinski definition) is 4. The smallest absolute Gasteiger partial charge is 0.295 e. The van der Waals surface area contributed by atoms with E-state index < -0.39 is 12.4 Å². The summed E-state index contributed by atoms with van der Waals surface area (Å²) in [5.41, 5.74) is 0. The molecular formula is C5H9ClO4. The molecule has 2 atom stereocenters. The number of carbonyl (C=O) groups excluding carboxylic acids is 1. The molecule has 0 saturated heterocycles. The molecule has 0 bridgehead atoms. The molecule has 0 rings (SSSR count). The van der Waals surface area contributed by atoms with Gasteiger partial charge in [0.25, 0.3) is 6.47 Å². The average Bonchev–Trinajstić information content (AvgIpc) is 1.89. The van der Waals surface area contributed by atoms with E-state index in [9.17, 15) is 4.79 Å². The van der Waals surface area contributed by atoms with Crippen LogP contribution in [0, 0.1) is 0 Å². The van der Waals surface area contributed by atoms with E-state index in [1.807, 2.05) is 0 Å². The number of halogens is 1. The largest absolute Gasteiger partial charge is 0.435 e. The molecule has 0 aliphatic carbocycles. The highest BCUT2D eigenvalue weighted by Gasteiger charge is 2.15. The number of aliphatic hydroxyl groups is 2. The first kappa shape index (κ1) is 9.68. The second kappa shape index (κ2) is 5.46. The molecular weight excluding hydrogens is 160 g/mol. The Bertz CT molecular complexity index is 97.6. The standard InChI is InChI=1S/C5H9ClO4/c6-2-1-4(8)5(9)10-3-7/h3-5,8-9H,1-2H2. The molecule has 0 aromatic carbocycles. The summed E-state index contributed by atoms with van der Waals surface area (Å²) in [4.78, 5) is 9.60. The maximum absolute atomic E-state index is 9.60. The lowest BCUT2D eigenvalue weighted by molar-refractivity contribution is -0.172. The molecule has 0 heterocycles. The Balaban J connectivity index is 3.47. The van der Waals surface area contributed by atoms with Crippen LogP contribution in [0.4, 0.5) is 0 Å². The number of alkyl halides is 1. The molecule has 4 nitrogen and oxygen atoms in total. The van der Waals surface area contributed by atoms with Gasteiger partial charge in [-0.3, -0.25) is 4.79 Å². The van der Waals surface area contributed by atoms with Gasteiger partial charge in [-0.15, -0.1) is 11.6 Å². The molecule has 0 aliphatic rings. The number of aliphatic hydroxyl groups excluding tert-OH is 2. The molecule has 0 aliphatic heterocycles. The summed E-state index contributed by atoms with van der Waals surface area (Å²) in [5.74, 6) is 0.209. The fraction of sp³-hybridized carbons (Fsp3) is 0.800. The fourth-order valence-electron chi connectivity index (χ4n) is 0.402. The van der Waals surface area contributed by atoms with Gasteiger partial charge < -0.3 is 14.9 Å². The van der Waals surface area contributed by atoms with Crippen LogP contribution in [0.1, 0.15) is 6.42 Å². The van der Waals surface area contributed by atoms with Crippen molar-refractivity contribution in [1.29, 1.82) is 0 Å². The van der Waals surface area contributed by atoms with Crippen molar-refractivity contribution >= 4 is 18.1 Å². The van der Waals surface area contributed by atoms with E-state index in [2.05, 4.69) is 4.74 Å². The minimum Gasteiger partial charge on any atom is -0.435 e. The van der Waals surface area contributed by atoms with Crippen molar-refractivity contribution in [1.82, 2.24) is 0 Å². The van der Waals surface area contributed by atoms with Crippen molar-refractivity contribution in [3.05, 3.63) is 0 Å². The SMILES string of the molecule is O=COC(O)C(O)CCCl. The molecule has 0 spiro atoms. The molecule has 2 N–H and O–H groups in total. The van der Waals surface area contributed by atoms with Gasteiger partial charge in [0, 0.05) is 5.88 Å². The van der Waals surface area contributed by atoms with E-state index in [1.165, 1.54) is 0 Å². The van der Waals surface area contributed by atoms with Crippen LogP contribution in [-0.2, 0) is 9.53 Å². The van der Waals surface area contributed by atoms with Crippen LogP contribution in [-0.4, -0.2) is 35.0 Å². The fourth-order valence-corrected chi connectivity index (χ4v) is 0.626. The van der Waals surface area contributed by atoms with Crippen molar-refractivity contribution in [3.63, 3.8) is 0 Å². The summed E-state index contributed by atoms with van der Waals surface area (Å²) in [6, 6.07) is 0. The minimum absolute atomic E-state index is 0.0715. The van der Waals surface area contributed by atoms with Crippen molar-refractivity contribution in [2.45, 2.75) is 18.8 Å². The third-order valence-electron chi connectivity index (χ3n) is 0.929. The maximum atomic E-state index is 9.60. The quantitative estimate of drug-likeness (QED) is 0.329. The Labute approximate surface area is 63.4 Å². The average molecular weight is 169 g/mol. The summed E-state index contributed by atoms with van der Waals surface area (Å²) >= 11 is 5.23. The van der Waals surface area contributed by atoms with E-state index in [0.29, 0.717) is 0 Å². The number of hydrogen-bond donors (Lipinski definition) is 2. The normalized spacial score (nSPS) is 15.9. The van der Waals surface area contributed by atoms with Crippen molar-refractivity contribution in [2.75, 3.05) is 5.88 Å². The molecule has 0 radical (unpaired) electrons. The number of ether oxygens (including phenoxy) is 1. The first-order chi connectivity index (χ1) is 4.72. The van der Waals surface area contributed by atoms with Gasteiger partial charge in [-0.1, -0.05) is 0 Å². The predicted molar refractivity (Wildman–Crippen MR) is 34.5 cm³/mol. The lowest BCUT2D eigenvalue weighted by Gasteiger charge is -2.13. The monoisotopic (exact) mass is 168 g/mol. The third-order valence-corrected chi connectivity index (χ3v) is 1.15. The highest BCUT2D eigenvalue weighted by Crippen LogP contribution is 2.00. The predicted octanol–water partition coefficient (Wildman–Crippen LogP) is -0.532. The van der Waals surface area contributed by atoms with Gasteiger partial charge in [0.15, 0.2) is 0 Å². The molecule has 0 fully saturated rings. The molecule has 0 saturated carbocycles. The summed E-state index contributed by atoms with van der Waals surface area (Å²) in [5, 5.41) is 17.5. The Morgan fingerprint density at radius 3 is 2.60 bits per heavy atom. The van der Waals surface area contributed by atoms with Gasteiger partial charge in [-0.25, -0.2) is 0 Å². The highest BCUT2D eigenvalue weighted by atomic mass is 35.5. The maximum Gasteiger partial charge on any atom is 0.295 e. The van der Waals surface area contributed by atoms with Crippen molar-refractivity contribution in [3.8, 4) is 0 Å². The first-order valence-electron chi connectivity index (χ1n) is 2.73. The summed E-state index contributed by atoms with van der Waals surface area (Å²) in [6.45, 7) is 0.0715. The zero-order valence-electron chi connectivity index (χ0n) is 5.24. The summed E-state index contributed by atoms with van der Waals surface area (Å²) < 4.78 is 4.02. The molecule has 0 amide bonds. The second-order valence-electron chi connectivity index (χ2n) is 1.67. The van der Waals surface area contributed by atoms with E-state index in [1.54, 1.807) is 0 Å². The van der Waals surface area contributed by atoms with E-state index in [4.69, 9.17) is 21.8 Å². The van der Waals surface area contributed by atoms with Crippen LogP contribution < -0.4 is 0 Å². The third kappa shape index (κ3) is 3.66. The van der Waals surface area contributed by atoms with Crippen LogP contribution in [0.15, 0.2) is 0 Å². The van der Waals surface area contributed by atoms with Crippen molar-refractivity contribution < 1.29 is 19.7 Å². The van der Waals surface area contributed by atoms with Gasteiger partial charge in [-0.05, 0) is 6.42 Å². The Kier molecular flexibility index (Phi) is 5.29. The van der Waals surface area contributed by atoms with Gasteiger partial charge in [0.05, 0.1) is 0 Å². The minimum atomic E-state index is -1.46. The Hall–Kier alpha value is -0.320. The summed E-state index contributed by atoms with van der Waals surface area (Å²) in [7, 11) is 0. The van der Waals surface area contributed by atoms with Crippen LogP contribution in [0.2, 0.25) is 0 Å². The Morgan fingerprint density at radius 1 is 1.60 bits per heavy atom. The van der Waals surface area contributed by atoms with E-state index >= 15 is 0 Å². The van der Waals surface area contributed by atoms with E-state index in [0.717, 1.165) is 0 Å². The molecule has 0 aromatic rings. The van der Waals surface area contributed by atoms with Crippen molar-refractivity contribution in [2.24, 2.45) is 0 Å². The number of carbonyl (C=O) groups is 1. The van der Waals surface area contributed by atoms with Gasteiger partial charge in [0.1, 0.15) is 6.10 Å². The first-order valence-corrected chi connectivity index (χ1v) is 3.27. The van der Waals surface area contributed by atoms with Crippen LogP contribution in [0.3, 0.4) is 0 Å². The van der Waals surface area contributed by atoms with Gasteiger partial charge in [-0.2, -0.15) is 0 Å². The molecule has 0 aromatic heterocycles. The van der Waals surface area contributed by atoms with Crippen LogP contribution in [0.5, 0.6) is 0 Å². The molecule has 10 heavy (non-hydrogen) atoms. The lowest BCUT2D eigenvalue weighted by atomic mass is 10.3. The second-order valence-corrected chi connectivity index (χ2v) is 2.05. The molecule has 5 heteroatoms. The van der Waals surface area contributed by atoms with Gasteiger partial charge >= 0.3 is 0 Å². The Morgan fingerprint density at radius 2 is 2.20 bits per heavy atom. The zero-order chi connectivity index (χ0) is 7.98. The van der Waals surface area contributed by atoms with Crippen LogP contribution >= 0.6 is 11.6 Å². The van der Waals surface area contributed by atoms with Gasteiger partial charge in [0.2, 0.25) is 6.29 Å². The number of rotatable bonds is 5. The van der Waals surface area contributed by atoms with E-state index in [-0.39, 0.29) is 18.8 Å². The molecule has 2 unspecified atom stereocenters. The molecule has 60 valence electrons. The van der Waals surface area contributed by atoms with Crippen LogP contribution in [0.25, 0.3) is 0 Å². The topological polar surface area (TPSA) is 66.8 Å². The highest BCUT2D eigenvalue weighted by molar-refractivity contribution is 6.17. The lowest BCUT2D eigenvalue weighted by Crippen LogP contribution is -2.28. The zero-order valence-corrected chi connectivity index (χ0v) is 5.99. The summed E-state index contributed by atoms with van der Waals surface area (Å²) in [6.07, 6.45) is -2.37.